The summed E-state index contributed by atoms with van der Waals surface area (Å²) in [6.45, 7) is 0.335. The van der Waals surface area contributed by atoms with Gasteiger partial charge in [0.15, 0.2) is 0 Å². The Hall–Kier alpha value is -2.38. The highest BCUT2D eigenvalue weighted by atomic mass is 35.5. The van der Waals surface area contributed by atoms with E-state index < -0.39 is 0 Å². The fourth-order valence-corrected chi connectivity index (χ4v) is 2.06. The number of halogens is 1. The predicted octanol–water partition coefficient (Wildman–Crippen LogP) is 3.54. The number of hydrogen-bond donors (Lipinski definition) is 2. The van der Waals surface area contributed by atoms with Crippen molar-refractivity contribution in [2.45, 2.75) is 6.54 Å². The van der Waals surface area contributed by atoms with Crippen molar-refractivity contribution in [2.75, 3.05) is 12.4 Å². The molecule has 0 heterocycles. The zero-order valence-electron chi connectivity index (χ0n) is 10.9. The van der Waals surface area contributed by atoms with E-state index in [9.17, 15) is 5.11 Å². The number of ether oxygens (including phenoxy) is 1. The van der Waals surface area contributed by atoms with Crippen molar-refractivity contribution in [1.82, 2.24) is 0 Å². The van der Waals surface area contributed by atoms with E-state index in [1.165, 1.54) is 0 Å². The van der Waals surface area contributed by atoms with E-state index in [1.807, 2.05) is 0 Å². The van der Waals surface area contributed by atoms with Gasteiger partial charge in [0.05, 0.1) is 23.4 Å². The van der Waals surface area contributed by atoms with Crippen molar-refractivity contribution >= 4 is 17.3 Å². The molecule has 0 aliphatic carbocycles. The number of phenols is 1. The smallest absolute Gasteiger partial charge is 0.143 e. The first-order chi connectivity index (χ1) is 9.67. The Morgan fingerprint density at radius 3 is 2.75 bits per heavy atom. The summed E-state index contributed by atoms with van der Waals surface area (Å²) < 4.78 is 5.23. The lowest BCUT2D eigenvalue weighted by atomic mass is 10.1. The van der Waals surface area contributed by atoms with Gasteiger partial charge < -0.3 is 15.2 Å². The van der Waals surface area contributed by atoms with E-state index in [0.717, 1.165) is 0 Å². The number of phenolic OH excluding ortho intramolecular Hbond substituents is 1. The fraction of sp³-hybridized carbons (Fsp3) is 0.133. The van der Waals surface area contributed by atoms with E-state index in [0.29, 0.717) is 34.1 Å². The molecule has 4 nitrogen and oxygen atoms in total. The standard InChI is InChI=1S/C15H13ClN2O2/c1-20-13-7-3-4-10(8-17)14(13)18-9-11-5-2-6-12(16)15(11)19/h2-7,18-19H,9H2,1H3. The molecule has 0 aliphatic rings. The molecule has 0 saturated heterocycles. The maximum absolute atomic E-state index is 9.86. The van der Waals surface area contributed by atoms with E-state index in [4.69, 9.17) is 21.6 Å². The van der Waals surface area contributed by atoms with Gasteiger partial charge >= 0.3 is 0 Å². The van der Waals surface area contributed by atoms with Crippen molar-refractivity contribution < 1.29 is 9.84 Å². The van der Waals surface area contributed by atoms with Gasteiger partial charge in [-0.3, -0.25) is 0 Å². The summed E-state index contributed by atoms with van der Waals surface area (Å²) in [5.41, 5.74) is 1.72. The molecule has 2 rings (SSSR count). The molecule has 20 heavy (non-hydrogen) atoms. The SMILES string of the molecule is COc1cccc(C#N)c1NCc1cccc(Cl)c1O. The number of aromatic hydroxyl groups is 1. The van der Waals surface area contributed by atoms with E-state index in [2.05, 4.69) is 11.4 Å². The predicted molar refractivity (Wildman–Crippen MR) is 78.2 cm³/mol. The van der Waals surface area contributed by atoms with Crippen LogP contribution < -0.4 is 10.1 Å². The Bertz CT molecular complexity index is 665. The third-order valence-electron chi connectivity index (χ3n) is 2.89. The van der Waals surface area contributed by atoms with Gasteiger partial charge in [0.1, 0.15) is 17.6 Å². The molecule has 2 aromatic rings. The van der Waals surface area contributed by atoms with Crippen LogP contribution in [0.15, 0.2) is 36.4 Å². The Kier molecular flexibility index (Phi) is 4.34. The van der Waals surface area contributed by atoms with Crippen molar-refractivity contribution in [1.29, 1.82) is 5.26 Å². The van der Waals surface area contributed by atoms with Gasteiger partial charge in [-0.05, 0) is 18.2 Å². The Morgan fingerprint density at radius 2 is 2.05 bits per heavy atom. The zero-order valence-corrected chi connectivity index (χ0v) is 11.6. The van der Waals surface area contributed by atoms with Crippen molar-refractivity contribution in [3.05, 3.63) is 52.5 Å². The summed E-state index contributed by atoms with van der Waals surface area (Å²) >= 11 is 5.86. The number of methoxy groups -OCH3 is 1. The molecule has 0 spiro atoms. The molecule has 0 aromatic heterocycles. The average molecular weight is 289 g/mol. The van der Waals surface area contributed by atoms with Crippen molar-refractivity contribution in [3.63, 3.8) is 0 Å². The lowest BCUT2D eigenvalue weighted by molar-refractivity contribution is 0.416. The van der Waals surface area contributed by atoms with Crippen LogP contribution in [0.25, 0.3) is 0 Å². The van der Waals surface area contributed by atoms with Crippen LogP contribution in [0.5, 0.6) is 11.5 Å². The van der Waals surface area contributed by atoms with Gasteiger partial charge in [-0.25, -0.2) is 0 Å². The average Bonchev–Trinajstić information content (AvgIpc) is 2.48. The van der Waals surface area contributed by atoms with Gasteiger partial charge in [0, 0.05) is 12.1 Å². The first-order valence-corrected chi connectivity index (χ1v) is 6.32. The van der Waals surface area contributed by atoms with E-state index in [-0.39, 0.29) is 5.75 Å². The molecule has 0 fully saturated rings. The second-order valence-corrected chi connectivity index (χ2v) is 4.50. The number of nitrogens with one attached hydrogen (secondary N) is 1. The molecule has 0 saturated carbocycles. The van der Waals surface area contributed by atoms with Gasteiger partial charge in [0.2, 0.25) is 0 Å². The van der Waals surface area contributed by atoms with Crippen molar-refractivity contribution in [3.8, 4) is 17.6 Å². The molecule has 2 N–H and O–H groups in total. The van der Waals surface area contributed by atoms with Gasteiger partial charge in [-0.15, -0.1) is 0 Å². The molecule has 102 valence electrons. The van der Waals surface area contributed by atoms with Crippen LogP contribution in [0.4, 0.5) is 5.69 Å². The molecule has 5 heteroatoms. The summed E-state index contributed by atoms with van der Waals surface area (Å²) in [7, 11) is 1.54. The normalized spacial score (nSPS) is 9.85. The van der Waals surface area contributed by atoms with Crippen LogP contribution in [0.1, 0.15) is 11.1 Å². The molecular formula is C15H13ClN2O2. The molecule has 0 bridgehead atoms. The van der Waals surface area contributed by atoms with Crippen LogP contribution in [-0.4, -0.2) is 12.2 Å². The number of hydrogen-bond acceptors (Lipinski definition) is 4. The first kappa shape index (κ1) is 14.0. The topological polar surface area (TPSA) is 65.3 Å². The monoisotopic (exact) mass is 288 g/mol. The number of rotatable bonds is 4. The molecule has 0 amide bonds. The molecule has 0 aliphatic heterocycles. The summed E-state index contributed by atoms with van der Waals surface area (Å²) in [4.78, 5) is 0. The van der Waals surface area contributed by atoms with Crippen LogP contribution >= 0.6 is 11.6 Å². The van der Waals surface area contributed by atoms with E-state index >= 15 is 0 Å². The Balaban J connectivity index is 2.27. The number of para-hydroxylation sites is 2. The zero-order chi connectivity index (χ0) is 14.5. The number of benzene rings is 2. The summed E-state index contributed by atoms with van der Waals surface area (Å²) in [5, 5.41) is 22.4. The van der Waals surface area contributed by atoms with Crippen LogP contribution in [0.3, 0.4) is 0 Å². The first-order valence-electron chi connectivity index (χ1n) is 5.94. The quantitative estimate of drug-likeness (QED) is 0.903. The highest BCUT2D eigenvalue weighted by Gasteiger charge is 2.10. The largest absolute Gasteiger partial charge is 0.506 e. The Labute approximate surface area is 122 Å². The van der Waals surface area contributed by atoms with Crippen LogP contribution in [0.2, 0.25) is 5.02 Å². The second-order valence-electron chi connectivity index (χ2n) is 4.10. The van der Waals surface area contributed by atoms with Gasteiger partial charge in [0.25, 0.3) is 0 Å². The minimum Gasteiger partial charge on any atom is -0.506 e. The highest BCUT2D eigenvalue weighted by molar-refractivity contribution is 6.32. The van der Waals surface area contributed by atoms with Crippen LogP contribution in [-0.2, 0) is 6.54 Å². The lowest BCUT2D eigenvalue weighted by Gasteiger charge is -2.13. The number of nitriles is 1. The summed E-state index contributed by atoms with van der Waals surface area (Å²) in [5.74, 6) is 0.612. The van der Waals surface area contributed by atoms with Gasteiger partial charge in [-0.2, -0.15) is 5.26 Å². The number of nitrogens with zero attached hydrogens (tertiary/aromatic N) is 1. The van der Waals surface area contributed by atoms with Crippen molar-refractivity contribution in [2.24, 2.45) is 0 Å². The molecule has 0 radical (unpaired) electrons. The summed E-state index contributed by atoms with van der Waals surface area (Å²) in [6.07, 6.45) is 0. The third kappa shape index (κ3) is 2.79. The van der Waals surface area contributed by atoms with E-state index in [1.54, 1.807) is 43.5 Å². The molecule has 0 unspecified atom stereocenters. The lowest BCUT2D eigenvalue weighted by Crippen LogP contribution is -2.03. The molecule has 0 atom stereocenters. The second kappa shape index (κ2) is 6.18. The third-order valence-corrected chi connectivity index (χ3v) is 3.20. The number of anilines is 1. The minimum atomic E-state index is 0.0371. The highest BCUT2D eigenvalue weighted by Crippen LogP contribution is 2.31. The Morgan fingerprint density at radius 1 is 1.30 bits per heavy atom. The maximum atomic E-state index is 9.86. The minimum absolute atomic E-state index is 0.0371. The fourth-order valence-electron chi connectivity index (χ4n) is 1.86. The van der Waals surface area contributed by atoms with Crippen LogP contribution in [0, 0.1) is 11.3 Å². The van der Waals surface area contributed by atoms with Gasteiger partial charge in [-0.1, -0.05) is 29.8 Å². The molecular weight excluding hydrogens is 276 g/mol. The summed E-state index contributed by atoms with van der Waals surface area (Å²) in [6, 6.07) is 12.4. The molecule has 2 aromatic carbocycles. The maximum Gasteiger partial charge on any atom is 0.143 e.